The molecule has 1 rings (SSSR count). The summed E-state index contributed by atoms with van der Waals surface area (Å²) in [7, 11) is 0. The van der Waals surface area contributed by atoms with Crippen molar-refractivity contribution in [2.45, 2.75) is 19.8 Å². The molecular weight excluding hydrogens is 162 g/mol. The van der Waals surface area contributed by atoms with E-state index in [-0.39, 0.29) is 5.78 Å². The summed E-state index contributed by atoms with van der Waals surface area (Å²) in [5.74, 6) is 0.166. The maximum Gasteiger partial charge on any atom is 0.163 e. The molecule has 1 aromatic heterocycles. The largest absolute Gasteiger partial charge is 0.294 e. The van der Waals surface area contributed by atoms with E-state index >= 15 is 0 Å². The second kappa shape index (κ2) is 4.55. The molecule has 0 N–H and O–H groups in total. The number of carbonyl (C=O) groups is 1. The zero-order chi connectivity index (χ0) is 9.68. The zero-order valence-electron chi connectivity index (χ0n) is 7.79. The summed E-state index contributed by atoms with van der Waals surface area (Å²) in [6, 6.07) is 1.76. The number of carbonyl (C=O) groups excluding carboxylic acids is 1. The van der Waals surface area contributed by atoms with Crippen molar-refractivity contribution >= 4 is 5.78 Å². The van der Waals surface area contributed by atoms with Crippen molar-refractivity contribution in [1.82, 2.24) is 4.98 Å². The highest BCUT2D eigenvalue weighted by atomic mass is 16.1. The summed E-state index contributed by atoms with van der Waals surface area (Å²) in [5, 5.41) is 0. The second-order valence-corrected chi connectivity index (χ2v) is 2.94. The van der Waals surface area contributed by atoms with Crippen molar-refractivity contribution < 1.29 is 4.79 Å². The molecule has 0 atom stereocenters. The molecule has 1 aromatic rings. The first kappa shape index (κ1) is 9.65. The first-order chi connectivity index (χ1) is 6.25. The van der Waals surface area contributed by atoms with E-state index in [0.717, 1.165) is 17.5 Å². The molecule has 2 nitrogen and oxygen atoms in total. The predicted molar refractivity (Wildman–Crippen MR) is 52.7 cm³/mol. The number of Topliss-reactive ketones (excluding diaryl/α,β-unsaturated/α-hetero) is 1. The Labute approximate surface area is 78.3 Å². The van der Waals surface area contributed by atoms with Gasteiger partial charge >= 0.3 is 0 Å². The first-order valence-corrected chi connectivity index (χ1v) is 4.30. The monoisotopic (exact) mass is 175 g/mol. The van der Waals surface area contributed by atoms with E-state index in [4.69, 9.17) is 0 Å². The smallest absolute Gasteiger partial charge is 0.163 e. The van der Waals surface area contributed by atoms with Gasteiger partial charge in [0.05, 0.1) is 0 Å². The van der Waals surface area contributed by atoms with Gasteiger partial charge in [0.25, 0.3) is 0 Å². The summed E-state index contributed by atoms with van der Waals surface area (Å²) in [6.45, 7) is 5.48. The van der Waals surface area contributed by atoms with Gasteiger partial charge in [0.2, 0.25) is 0 Å². The van der Waals surface area contributed by atoms with Crippen LogP contribution >= 0.6 is 0 Å². The summed E-state index contributed by atoms with van der Waals surface area (Å²) in [6.07, 6.45) is 6.39. The maximum absolute atomic E-state index is 11.5. The molecular formula is C11H13NO. The third-order valence-corrected chi connectivity index (χ3v) is 1.90. The molecule has 0 amide bonds. The van der Waals surface area contributed by atoms with Crippen LogP contribution in [0, 0.1) is 6.92 Å². The molecule has 0 aliphatic carbocycles. The number of allylic oxidation sites excluding steroid dienone is 1. The fraction of sp³-hybridized carbons (Fsp3) is 0.273. The van der Waals surface area contributed by atoms with Gasteiger partial charge in [-0.05, 0) is 25.0 Å². The average Bonchev–Trinajstić information content (AvgIpc) is 2.15. The van der Waals surface area contributed by atoms with Gasteiger partial charge in [-0.25, -0.2) is 0 Å². The highest BCUT2D eigenvalue weighted by molar-refractivity contribution is 5.97. The van der Waals surface area contributed by atoms with Crippen LogP contribution in [0.4, 0.5) is 0 Å². The van der Waals surface area contributed by atoms with Crippen LogP contribution in [0.3, 0.4) is 0 Å². The van der Waals surface area contributed by atoms with Crippen LogP contribution < -0.4 is 0 Å². The Hall–Kier alpha value is -1.44. The zero-order valence-corrected chi connectivity index (χ0v) is 7.79. The van der Waals surface area contributed by atoms with E-state index in [1.165, 1.54) is 0 Å². The summed E-state index contributed by atoms with van der Waals surface area (Å²) >= 11 is 0. The topological polar surface area (TPSA) is 30.0 Å². The number of nitrogens with zero attached hydrogens (tertiary/aromatic N) is 1. The molecule has 0 spiro atoms. The second-order valence-electron chi connectivity index (χ2n) is 2.94. The number of pyridine rings is 1. The van der Waals surface area contributed by atoms with Crippen LogP contribution in [0.1, 0.15) is 28.8 Å². The van der Waals surface area contributed by atoms with Gasteiger partial charge in [0, 0.05) is 24.4 Å². The Balaban J connectivity index is 2.76. The Morgan fingerprint density at radius 1 is 1.69 bits per heavy atom. The van der Waals surface area contributed by atoms with E-state index in [1.807, 2.05) is 6.92 Å². The minimum Gasteiger partial charge on any atom is -0.294 e. The Kier molecular flexibility index (Phi) is 3.38. The molecule has 0 bridgehead atoms. The molecule has 0 saturated carbocycles. The van der Waals surface area contributed by atoms with E-state index in [0.29, 0.717) is 6.42 Å². The lowest BCUT2D eigenvalue weighted by Crippen LogP contribution is -2.01. The molecule has 0 aromatic carbocycles. The molecule has 0 saturated heterocycles. The number of hydrogen-bond acceptors (Lipinski definition) is 2. The summed E-state index contributed by atoms with van der Waals surface area (Å²) < 4.78 is 0. The highest BCUT2D eigenvalue weighted by Gasteiger charge is 2.06. The van der Waals surface area contributed by atoms with E-state index < -0.39 is 0 Å². The molecule has 0 unspecified atom stereocenters. The van der Waals surface area contributed by atoms with Crippen LogP contribution in [-0.4, -0.2) is 10.8 Å². The minimum atomic E-state index is 0.166. The van der Waals surface area contributed by atoms with Gasteiger partial charge in [-0.3, -0.25) is 9.78 Å². The molecule has 68 valence electrons. The maximum atomic E-state index is 11.5. The van der Waals surface area contributed by atoms with Crippen molar-refractivity contribution in [1.29, 1.82) is 0 Å². The normalized spacial score (nSPS) is 9.62. The number of hydrogen-bond donors (Lipinski definition) is 0. The molecule has 0 aliphatic heterocycles. The molecule has 13 heavy (non-hydrogen) atoms. The Morgan fingerprint density at radius 2 is 2.46 bits per heavy atom. The van der Waals surface area contributed by atoms with Crippen molar-refractivity contribution in [3.05, 3.63) is 42.2 Å². The van der Waals surface area contributed by atoms with Crippen molar-refractivity contribution in [3.8, 4) is 0 Å². The SMILES string of the molecule is C=CCCC(=O)c1ccncc1C. The molecule has 1 heterocycles. The van der Waals surface area contributed by atoms with Crippen molar-refractivity contribution in [2.24, 2.45) is 0 Å². The average molecular weight is 175 g/mol. The van der Waals surface area contributed by atoms with Gasteiger partial charge < -0.3 is 0 Å². The standard InChI is InChI=1S/C11H13NO/c1-3-4-5-11(13)10-6-7-12-8-9(10)2/h3,6-8H,1,4-5H2,2H3. The Morgan fingerprint density at radius 3 is 3.08 bits per heavy atom. The van der Waals surface area contributed by atoms with E-state index in [9.17, 15) is 4.79 Å². The number of rotatable bonds is 4. The fourth-order valence-electron chi connectivity index (χ4n) is 1.15. The number of aromatic nitrogens is 1. The van der Waals surface area contributed by atoms with Crippen molar-refractivity contribution in [3.63, 3.8) is 0 Å². The van der Waals surface area contributed by atoms with Gasteiger partial charge in [0.1, 0.15) is 0 Å². The third-order valence-electron chi connectivity index (χ3n) is 1.90. The van der Waals surface area contributed by atoms with Crippen LogP contribution in [0.15, 0.2) is 31.1 Å². The van der Waals surface area contributed by atoms with Gasteiger partial charge in [-0.2, -0.15) is 0 Å². The van der Waals surface area contributed by atoms with Crippen LogP contribution in [-0.2, 0) is 0 Å². The summed E-state index contributed by atoms with van der Waals surface area (Å²) in [5.41, 5.74) is 1.72. The minimum absolute atomic E-state index is 0.166. The lowest BCUT2D eigenvalue weighted by atomic mass is 10.0. The van der Waals surface area contributed by atoms with Crippen LogP contribution in [0.25, 0.3) is 0 Å². The van der Waals surface area contributed by atoms with Gasteiger partial charge in [-0.15, -0.1) is 6.58 Å². The lowest BCUT2D eigenvalue weighted by molar-refractivity contribution is 0.0983. The molecule has 2 heteroatoms. The molecule has 0 fully saturated rings. The van der Waals surface area contributed by atoms with Crippen LogP contribution in [0.5, 0.6) is 0 Å². The van der Waals surface area contributed by atoms with E-state index in [1.54, 1.807) is 24.5 Å². The lowest BCUT2D eigenvalue weighted by Gasteiger charge is -2.01. The highest BCUT2D eigenvalue weighted by Crippen LogP contribution is 2.09. The number of ketones is 1. The first-order valence-electron chi connectivity index (χ1n) is 4.30. The summed E-state index contributed by atoms with van der Waals surface area (Å²) in [4.78, 5) is 15.5. The molecule has 0 aliphatic rings. The van der Waals surface area contributed by atoms with Gasteiger partial charge in [-0.1, -0.05) is 6.08 Å². The van der Waals surface area contributed by atoms with E-state index in [2.05, 4.69) is 11.6 Å². The third kappa shape index (κ3) is 2.51. The predicted octanol–water partition coefficient (Wildman–Crippen LogP) is 2.54. The fourth-order valence-corrected chi connectivity index (χ4v) is 1.15. The quantitative estimate of drug-likeness (QED) is 0.520. The molecule has 0 radical (unpaired) electrons. The number of aryl methyl sites for hydroxylation is 1. The van der Waals surface area contributed by atoms with Crippen molar-refractivity contribution in [2.75, 3.05) is 0 Å². The Bertz CT molecular complexity index is 318. The van der Waals surface area contributed by atoms with Gasteiger partial charge in [0.15, 0.2) is 5.78 Å². The van der Waals surface area contributed by atoms with Crippen LogP contribution in [0.2, 0.25) is 0 Å².